The first kappa shape index (κ1) is 15.2. The lowest BCUT2D eigenvalue weighted by atomic mass is 9.99. The second-order valence-electron chi connectivity index (χ2n) is 4.03. The molecule has 0 radical (unpaired) electrons. The van der Waals surface area contributed by atoms with Crippen LogP contribution in [0.5, 0.6) is 0 Å². The van der Waals surface area contributed by atoms with E-state index < -0.39 is 0 Å². The molecule has 1 aromatic heterocycles. The first-order valence-electron chi connectivity index (χ1n) is 5.30. The molecule has 0 aliphatic heterocycles. The first-order chi connectivity index (χ1) is 8.86. The Morgan fingerprint density at radius 1 is 0.737 bits per heavy atom. The van der Waals surface area contributed by atoms with Crippen LogP contribution in [0.3, 0.4) is 0 Å². The summed E-state index contributed by atoms with van der Waals surface area (Å²) in [6.45, 7) is 3.80. The van der Waals surface area contributed by atoms with Crippen molar-refractivity contribution in [2.75, 3.05) is 0 Å². The van der Waals surface area contributed by atoms with E-state index in [9.17, 15) is 0 Å². The van der Waals surface area contributed by atoms with Crippen LogP contribution >= 0.6 is 58.0 Å². The second kappa shape index (κ2) is 5.67. The molecule has 0 atom stereocenters. The van der Waals surface area contributed by atoms with Crippen LogP contribution in [0.25, 0.3) is 11.1 Å². The lowest BCUT2D eigenvalue weighted by Crippen LogP contribution is -1.94. The maximum Gasteiger partial charge on any atom is 0.0809 e. The monoisotopic (exact) mass is 353 g/mol. The third-order valence-electron chi connectivity index (χ3n) is 2.81. The number of rotatable bonds is 1. The van der Waals surface area contributed by atoms with E-state index in [1.165, 1.54) is 0 Å². The number of halogens is 5. The van der Waals surface area contributed by atoms with E-state index in [1.54, 1.807) is 6.20 Å². The molecular weight excluding hydrogens is 347 g/mol. The topological polar surface area (TPSA) is 12.9 Å². The Morgan fingerprint density at radius 2 is 1.21 bits per heavy atom. The van der Waals surface area contributed by atoms with Gasteiger partial charge in [-0.2, -0.15) is 0 Å². The minimum atomic E-state index is 0.154. The van der Waals surface area contributed by atoms with Gasteiger partial charge in [-0.3, -0.25) is 4.98 Å². The largest absolute Gasteiger partial charge is 0.261 e. The van der Waals surface area contributed by atoms with Gasteiger partial charge in [-0.1, -0.05) is 58.0 Å². The molecule has 0 spiro atoms. The zero-order chi connectivity index (χ0) is 14.3. The van der Waals surface area contributed by atoms with Gasteiger partial charge in [-0.25, -0.2) is 0 Å². The number of benzene rings is 1. The van der Waals surface area contributed by atoms with Crippen LogP contribution in [0.1, 0.15) is 11.3 Å². The van der Waals surface area contributed by atoms with Crippen molar-refractivity contribution < 1.29 is 0 Å². The van der Waals surface area contributed by atoms with E-state index in [1.807, 2.05) is 19.9 Å². The molecule has 0 fully saturated rings. The third-order valence-corrected chi connectivity index (χ3v) is 5.09. The van der Waals surface area contributed by atoms with Crippen molar-refractivity contribution in [1.29, 1.82) is 0 Å². The molecule has 0 unspecified atom stereocenters. The van der Waals surface area contributed by atoms with Crippen LogP contribution in [0.2, 0.25) is 25.1 Å². The summed E-state index contributed by atoms with van der Waals surface area (Å²) in [4.78, 5) is 4.24. The van der Waals surface area contributed by atoms with E-state index in [0.29, 0.717) is 5.56 Å². The lowest BCUT2D eigenvalue weighted by Gasteiger charge is -2.16. The summed E-state index contributed by atoms with van der Waals surface area (Å²) in [5, 5.41) is 1.09. The fourth-order valence-corrected chi connectivity index (χ4v) is 3.22. The molecule has 0 saturated heterocycles. The second-order valence-corrected chi connectivity index (χ2v) is 5.92. The minimum absolute atomic E-state index is 0.154. The summed E-state index contributed by atoms with van der Waals surface area (Å²) < 4.78 is 0. The van der Waals surface area contributed by atoms with Gasteiger partial charge in [0, 0.05) is 23.0 Å². The van der Waals surface area contributed by atoms with Gasteiger partial charge < -0.3 is 0 Å². The fourth-order valence-electron chi connectivity index (χ4n) is 1.90. The van der Waals surface area contributed by atoms with Crippen LogP contribution in [-0.4, -0.2) is 4.98 Å². The number of nitrogens with zero attached hydrogens (tertiary/aromatic N) is 1. The summed E-state index contributed by atoms with van der Waals surface area (Å²) in [5.74, 6) is 0. The van der Waals surface area contributed by atoms with Crippen LogP contribution in [0.15, 0.2) is 12.3 Å². The lowest BCUT2D eigenvalue weighted by molar-refractivity contribution is 1.18. The molecule has 0 amide bonds. The standard InChI is InChI=1S/C13H8Cl5N/c1-5-3-4-19-6(2)7(5)8-9(14)11(16)13(18)12(17)10(8)15/h3-4H,1-2H3. The Balaban J connectivity index is 2.92. The molecule has 6 heteroatoms. The normalized spacial score (nSPS) is 10.9. The maximum absolute atomic E-state index is 6.27. The highest BCUT2D eigenvalue weighted by Gasteiger charge is 2.22. The van der Waals surface area contributed by atoms with E-state index in [-0.39, 0.29) is 25.1 Å². The average molecular weight is 355 g/mol. The Hall–Kier alpha value is -0.180. The van der Waals surface area contributed by atoms with E-state index in [0.717, 1.165) is 16.8 Å². The van der Waals surface area contributed by atoms with Gasteiger partial charge in [0.1, 0.15) is 0 Å². The van der Waals surface area contributed by atoms with Crippen LogP contribution in [0, 0.1) is 13.8 Å². The van der Waals surface area contributed by atoms with E-state index >= 15 is 0 Å². The van der Waals surface area contributed by atoms with Gasteiger partial charge in [0.25, 0.3) is 0 Å². The Labute approximate surface area is 136 Å². The van der Waals surface area contributed by atoms with Gasteiger partial charge >= 0.3 is 0 Å². The highest BCUT2D eigenvalue weighted by atomic mass is 35.5. The van der Waals surface area contributed by atoms with Gasteiger partial charge in [-0.05, 0) is 25.5 Å². The van der Waals surface area contributed by atoms with Gasteiger partial charge in [-0.15, -0.1) is 0 Å². The number of hydrogen-bond acceptors (Lipinski definition) is 1. The SMILES string of the molecule is Cc1ccnc(C)c1-c1c(Cl)c(Cl)c(Cl)c(Cl)c1Cl. The van der Waals surface area contributed by atoms with Crippen molar-refractivity contribution in [3.05, 3.63) is 48.6 Å². The predicted molar refractivity (Wildman–Crippen MR) is 84.2 cm³/mol. The number of aryl methyl sites for hydroxylation is 2. The van der Waals surface area contributed by atoms with Crippen LogP contribution in [0.4, 0.5) is 0 Å². The van der Waals surface area contributed by atoms with E-state index in [2.05, 4.69) is 4.98 Å². The molecule has 1 nitrogen and oxygen atoms in total. The average Bonchev–Trinajstić information content (AvgIpc) is 2.37. The van der Waals surface area contributed by atoms with Crippen LogP contribution < -0.4 is 0 Å². The summed E-state index contributed by atoms with van der Waals surface area (Å²) in [6, 6.07) is 1.87. The van der Waals surface area contributed by atoms with Crippen molar-refractivity contribution in [3.8, 4) is 11.1 Å². The molecule has 0 aliphatic rings. The molecule has 0 N–H and O–H groups in total. The Morgan fingerprint density at radius 3 is 1.68 bits per heavy atom. The highest BCUT2D eigenvalue weighted by Crippen LogP contribution is 2.49. The van der Waals surface area contributed by atoms with E-state index in [4.69, 9.17) is 58.0 Å². The van der Waals surface area contributed by atoms with Gasteiger partial charge in [0.2, 0.25) is 0 Å². The molecule has 0 aliphatic carbocycles. The summed E-state index contributed by atoms with van der Waals surface area (Å²) in [6.07, 6.45) is 1.72. The van der Waals surface area contributed by atoms with Crippen molar-refractivity contribution in [2.24, 2.45) is 0 Å². The molecule has 2 aromatic rings. The number of hydrogen-bond donors (Lipinski definition) is 0. The summed E-state index contributed by atoms with van der Waals surface area (Å²) >= 11 is 30.7. The fraction of sp³-hybridized carbons (Fsp3) is 0.154. The summed E-state index contributed by atoms with van der Waals surface area (Å²) in [7, 11) is 0. The van der Waals surface area contributed by atoms with Gasteiger partial charge in [0.15, 0.2) is 0 Å². The molecular formula is C13H8Cl5N. The molecule has 19 heavy (non-hydrogen) atoms. The summed E-state index contributed by atoms with van der Waals surface area (Å²) in [5.41, 5.74) is 3.15. The quantitative estimate of drug-likeness (QED) is 0.413. The van der Waals surface area contributed by atoms with Crippen molar-refractivity contribution in [1.82, 2.24) is 4.98 Å². The molecule has 0 saturated carbocycles. The number of aromatic nitrogens is 1. The Kier molecular flexibility index (Phi) is 4.54. The zero-order valence-electron chi connectivity index (χ0n) is 9.99. The highest BCUT2D eigenvalue weighted by molar-refractivity contribution is 6.56. The van der Waals surface area contributed by atoms with Gasteiger partial charge in [0.05, 0.1) is 25.1 Å². The van der Waals surface area contributed by atoms with Crippen molar-refractivity contribution in [3.63, 3.8) is 0 Å². The maximum atomic E-state index is 6.27. The van der Waals surface area contributed by atoms with Crippen LogP contribution in [-0.2, 0) is 0 Å². The van der Waals surface area contributed by atoms with Crippen molar-refractivity contribution in [2.45, 2.75) is 13.8 Å². The number of pyridine rings is 1. The smallest absolute Gasteiger partial charge is 0.0809 e. The Bertz CT molecular complexity index is 617. The van der Waals surface area contributed by atoms with Crippen molar-refractivity contribution >= 4 is 58.0 Å². The zero-order valence-corrected chi connectivity index (χ0v) is 13.8. The molecule has 2 rings (SSSR count). The predicted octanol–water partition coefficient (Wildman–Crippen LogP) is 6.63. The molecule has 1 aromatic carbocycles. The minimum Gasteiger partial charge on any atom is -0.261 e. The molecule has 0 bridgehead atoms. The molecule has 100 valence electrons. The first-order valence-corrected chi connectivity index (χ1v) is 7.19. The third kappa shape index (κ3) is 2.55. The molecule has 1 heterocycles.